The molecule has 6 N–H and O–H groups in total. The van der Waals surface area contributed by atoms with Crippen LogP contribution in [0.5, 0.6) is 11.5 Å². The van der Waals surface area contributed by atoms with E-state index in [0.29, 0.717) is 16.5 Å². The fraction of sp³-hybridized carbons (Fsp3) is 0.318. The zero-order valence-corrected chi connectivity index (χ0v) is 18.2. The van der Waals surface area contributed by atoms with E-state index >= 15 is 0 Å². The Morgan fingerprint density at radius 2 is 1.81 bits per heavy atom. The Hall–Kier alpha value is -3.14. The van der Waals surface area contributed by atoms with Crippen molar-refractivity contribution in [2.24, 2.45) is 11.7 Å². The van der Waals surface area contributed by atoms with Gasteiger partial charge < -0.3 is 26.2 Å². The molecular formula is C22H21ClN2O7. The molecule has 2 aromatic rings. The van der Waals surface area contributed by atoms with E-state index in [1.54, 1.807) is 6.92 Å². The third-order valence-corrected chi connectivity index (χ3v) is 6.88. The van der Waals surface area contributed by atoms with Gasteiger partial charge in [0, 0.05) is 16.3 Å². The van der Waals surface area contributed by atoms with Crippen LogP contribution in [0, 0.1) is 12.8 Å². The summed E-state index contributed by atoms with van der Waals surface area (Å²) in [6.45, 7) is 1.64. The van der Waals surface area contributed by atoms with Crippen molar-refractivity contribution in [2.75, 3.05) is 14.1 Å². The molecule has 0 unspecified atom stereocenters. The lowest BCUT2D eigenvalue weighted by atomic mass is 9.61. The minimum atomic E-state index is -2.69. The summed E-state index contributed by atoms with van der Waals surface area (Å²) in [5.41, 5.74) is 2.19. The molecule has 0 saturated carbocycles. The van der Waals surface area contributed by atoms with Gasteiger partial charge >= 0.3 is 0 Å². The lowest BCUT2D eigenvalue weighted by Crippen LogP contribution is -2.64. The summed E-state index contributed by atoms with van der Waals surface area (Å²) in [6, 6.07) is 1.54. The van der Waals surface area contributed by atoms with Crippen LogP contribution in [0.1, 0.15) is 21.5 Å². The van der Waals surface area contributed by atoms with Crippen LogP contribution in [0.2, 0.25) is 5.02 Å². The summed E-state index contributed by atoms with van der Waals surface area (Å²) in [4.78, 5) is 40.0. The molecule has 0 heterocycles. The fourth-order valence-corrected chi connectivity index (χ4v) is 5.40. The number of carbonyl (C=O) groups is 3. The van der Waals surface area contributed by atoms with Gasteiger partial charge in [-0.15, -0.1) is 0 Å². The molecule has 0 radical (unpaired) electrons. The summed E-state index contributed by atoms with van der Waals surface area (Å²) in [6.07, 6.45) is -0.108. The highest BCUT2D eigenvalue weighted by Gasteiger charge is 2.62. The Balaban J connectivity index is 2.13. The largest absolute Gasteiger partial charge is 0.508 e. The molecule has 2 aromatic carbocycles. The van der Waals surface area contributed by atoms with Gasteiger partial charge in [0.25, 0.3) is 5.91 Å². The minimum Gasteiger partial charge on any atom is -0.508 e. The lowest BCUT2D eigenvalue weighted by molar-refractivity contribution is -0.132. The van der Waals surface area contributed by atoms with Gasteiger partial charge in [0.1, 0.15) is 22.8 Å². The first-order valence-electron chi connectivity index (χ1n) is 9.72. The van der Waals surface area contributed by atoms with Crippen molar-refractivity contribution >= 4 is 39.8 Å². The Morgan fingerprint density at radius 3 is 2.38 bits per heavy atom. The van der Waals surface area contributed by atoms with E-state index in [4.69, 9.17) is 17.3 Å². The lowest BCUT2D eigenvalue weighted by Gasteiger charge is -2.47. The number of aromatic hydroxyl groups is 2. The highest BCUT2D eigenvalue weighted by molar-refractivity contribution is 6.37. The molecule has 9 nitrogen and oxygen atoms in total. The Labute approximate surface area is 187 Å². The number of nitrogens with zero attached hydrogens (tertiary/aromatic N) is 1. The summed E-state index contributed by atoms with van der Waals surface area (Å²) in [7, 11) is 3.06. The third-order valence-electron chi connectivity index (χ3n) is 6.57. The number of likely N-dealkylation sites (N-methyl/N-ethyl adjacent to an activating group) is 1. The van der Waals surface area contributed by atoms with Crippen LogP contribution in [0.25, 0.3) is 10.8 Å². The number of phenols is 2. The molecule has 2 aliphatic rings. The van der Waals surface area contributed by atoms with E-state index in [1.807, 2.05) is 0 Å². The van der Waals surface area contributed by atoms with E-state index in [1.165, 1.54) is 31.1 Å². The number of phenolic OH excluding ortho intramolecular Hbond substituents is 2. The molecule has 0 bridgehead atoms. The van der Waals surface area contributed by atoms with Gasteiger partial charge in [0.05, 0.1) is 17.0 Å². The number of Topliss-reactive ketones (excluding diaryl/α,β-unsaturated/α-hetero) is 2. The molecule has 0 aromatic heterocycles. The van der Waals surface area contributed by atoms with Gasteiger partial charge in [-0.05, 0) is 50.7 Å². The highest BCUT2D eigenvalue weighted by Crippen LogP contribution is 2.51. The third kappa shape index (κ3) is 2.55. The molecule has 3 atom stereocenters. The van der Waals surface area contributed by atoms with E-state index in [-0.39, 0.29) is 28.1 Å². The number of hydrogen-bond acceptors (Lipinski definition) is 8. The Morgan fingerprint density at radius 1 is 1.19 bits per heavy atom. The number of fused-ring (bicyclic) bond motifs is 3. The normalized spacial score (nSPS) is 25.3. The molecule has 0 aliphatic heterocycles. The minimum absolute atomic E-state index is 0.0845. The maximum Gasteiger partial charge on any atom is 0.255 e. The predicted octanol–water partition coefficient (Wildman–Crippen LogP) is 1.11. The summed E-state index contributed by atoms with van der Waals surface area (Å²) < 4.78 is 0. The molecule has 0 fully saturated rings. The standard InChI is InChI=1S/C22H21ClN2O7/c1-7-8-6-9-16(25(2)3)18(28)15(21(24)31)20(30)22(9,32)19(29)13(8)17(27)14-11(26)5-4-10(23)12(7)14/h4-5,9,16,26-27,30,32H,6H2,1-3H3,(H2,24,31)/t9-,16-,22-/m0/s1. The number of primary amides is 1. The van der Waals surface area contributed by atoms with Crippen LogP contribution < -0.4 is 5.73 Å². The number of halogens is 1. The number of aliphatic hydroxyl groups is 2. The predicted molar refractivity (Wildman–Crippen MR) is 115 cm³/mol. The first-order chi connectivity index (χ1) is 14.8. The molecule has 32 heavy (non-hydrogen) atoms. The average molecular weight is 461 g/mol. The number of benzene rings is 2. The second-order valence-corrected chi connectivity index (χ2v) is 8.82. The first-order valence-corrected chi connectivity index (χ1v) is 10.1. The SMILES string of the molecule is Cc1c2c(c(O)c3c(O)ccc(Cl)c13)C(=O)[C@]1(O)C(O)=C(C(N)=O)C(=O)[C@@H](N(C)C)[C@@H]1C2. The molecule has 168 valence electrons. The smallest absolute Gasteiger partial charge is 0.255 e. The Bertz CT molecular complexity index is 1280. The summed E-state index contributed by atoms with van der Waals surface area (Å²) in [5.74, 6) is -6.49. The van der Waals surface area contributed by atoms with Gasteiger partial charge in [-0.2, -0.15) is 0 Å². The number of carbonyl (C=O) groups excluding carboxylic acids is 3. The summed E-state index contributed by atoms with van der Waals surface area (Å²) >= 11 is 6.31. The monoisotopic (exact) mass is 460 g/mol. The number of aryl methyl sites for hydroxylation is 1. The zero-order chi connectivity index (χ0) is 23.9. The molecule has 10 heteroatoms. The van der Waals surface area contributed by atoms with Crippen LogP contribution in [0.3, 0.4) is 0 Å². The van der Waals surface area contributed by atoms with Crippen molar-refractivity contribution in [1.29, 1.82) is 0 Å². The van der Waals surface area contributed by atoms with Gasteiger partial charge in [0.2, 0.25) is 5.78 Å². The van der Waals surface area contributed by atoms with E-state index < -0.39 is 52.1 Å². The number of hydrogen-bond donors (Lipinski definition) is 5. The van der Waals surface area contributed by atoms with E-state index in [9.17, 15) is 34.8 Å². The van der Waals surface area contributed by atoms with Crippen molar-refractivity contribution in [3.8, 4) is 11.5 Å². The van der Waals surface area contributed by atoms with Crippen LogP contribution in [-0.2, 0) is 16.0 Å². The average Bonchev–Trinajstić information content (AvgIpc) is 2.69. The van der Waals surface area contributed by atoms with Gasteiger partial charge in [-0.25, -0.2) is 0 Å². The van der Waals surface area contributed by atoms with Crippen molar-refractivity contribution in [2.45, 2.75) is 25.0 Å². The van der Waals surface area contributed by atoms with Crippen molar-refractivity contribution in [1.82, 2.24) is 4.90 Å². The Kier molecular flexibility index (Phi) is 4.78. The molecule has 4 rings (SSSR count). The number of rotatable bonds is 2. The number of ketones is 2. The second kappa shape index (κ2) is 6.93. The molecule has 1 amide bonds. The van der Waals surface area contributed by atoms with Gasteiger partial charge in [0.15, 0.2) is 11.4 Å². The molecule has 0 spiro atoms. The fourth-order valence-electron chi connectivity index (χ4n) is 5.10. The van der Waals surface area contributed by atoms with Crippen molar-refractivity contribution < 1.29 is 34.8 Å². The van der Waals surface area contributed by atoms with E-state index in [2.05, 4.69) is 0 Å². The number of aliphatic hydroxyl groups excluding tert-OH is 1. The topological polar surface area (TPSA) is 161 Å². The van der Waals surface area contributed by atoms with Crippen LogP contribution in [0.4, 0.5) is 0 Å². The zero-order valence-electron chi connectivity index (χ0n) is 17.4. The molecular weight excluding hydrogens is 440 g/mol. The molecule has 2 aliphatic carbocycles. The maximum atomic E-state index is 13.6. The van der Waals surface area contributed by atoms with Crippen molar-refractivity contribution in [3.63, 3.8) is 0 Å². The van der Waals surface area contributed by atoms with Crippen LogP contribution in [-0.4, -0.2) is 68.5 Å². The number of amides is 1. The first kappa shape index (κ1) is 22.1. The van der Waals surface area contributed by atoms with Crippen molar-refractivity contribution in [3.05, 3.63) is 45.2 Å². The van der Waals surface area contributed by atoms with Crippen LogP contribution in [0.15, 0.2) is 23.5 Å². The molecule has 0 saturated heterocycles. The maximum absolute atomic E-state index is 13.6. The number of nitrogens with two attached hydrogens (primary N) is 1. The van der Waals surface area contributed by atoms with Gasteiger partial charge in [-0.3, -0.25) is 19.3 Å². The van der Waals surface area contributed by atoms with Crippen LogP contribution >= 0.6 is 11.6 Å². The highest BCUT2D eigenvalue weighted by atomic mass is 35.5. The van der Waals surface area contributed by atoms with E-state index in [0.717, 1.165) is 0 Å². The van der Waals surface area contributed by atoms with Gasteiger partial charge in [-0.1, -0.05) is 11.6 Å². The quantitative estimate of drug-likeness (QED) is 0.416. The summed E-state index contributed by atoms with van der Waals surface area (Å²) in [5, 5.41) is 44.0. The second-order valence-electron chi connectivity index (χ2n) is 8.41.